The molecule has 8 nitrogen and oxygen atoms in total. The maximum absolute atomic E-state index is 6.03. The second kappa shape index (κ2) is 13.2. The van der Waals surface area contributed by atoms with Gasteiger partial charge in [0, 0.05) is 42.2 Å². The minimum atomic E-state index is 0.266. The summed E-state index contributed by atoms with van der Waals surface area (Å²) in [4.78, 5) is 6.06. The predicted molar refractivity (Wildman–Crippen MR) is 146 cm³/mol. The van der Waals surface area contributed by atoms with E-state index >= 15 is 0 Å². The van der Waals surface area contributed by atoms with Gasteiger partial charge in [0.15, 0.2) is 25.5 Å². The first-order valence-electron chi connectivity index (χ1n) is 13.0. The summed E-state index contributed by atoms with van der Waals surface area (Å²) in [6, 6.07) is 21.0. The topological polar surface area (TPSA) is 70.7 Å². The van der Waals surface area contributed by atoms with Crippen molar-refractivity contribution in [3.05, 3.63) is 90.0 Å². The van der Waals surface area contributed by atoms with Crippen molar-refractivity contribution in [2.75, 3.05) is 33.0 Å². The van der Waals surface area contributed by atoms with E-state index in [0.29, 0.717) is 19.8 Å². The van der Waals surface area contributed by atoms with Gasteiger partial charge in [-0.15, -0.1) is 9.32 Å². The number of hydrogen-bond acceptors (Lipinski definition) is 7. The molecule has 0 unspecified atom stereocenters. The highest BCUT2D eigenvalue weighted by atomic mass is 32.2. The van der Waals surface area contributed by atoms with Crippen LogP contribution in [-0.2, 0) is 38.3 Å². The number of quaternary nitrogens is 1. The van der Waals surface area contributed by atoms with Gasteiger partial charge in [-0.05, 0) is 47.5 Å². The van der Waals surface area contributed by atoms with Crippen LogP contribution in [0.2, 0.25) is 0 Å². The molecule has 4 heterocycles. The van der Waals surface area contributed by atoms with E-state index in [2.05, 4.69) is 67.2 Å². The third-order valence-corrected chi connectivity index (χ3v) is 8.15. The van der Waals surface area contributed by atoms with Crippen molar-refractivity contribution >= 4 is 29.1 Å². The summed E-state index contributed by atoms with van der Waals surface area (Å²) in [5.41, 5.74) is 3.93. The third-order valence-electron chi connectivity index (χ3n) is 7.19. The van der Waals surface area contributed by atoms with E-state index in [4.69, 9.17) is 27.6 Å². The Hall–Kier alpha value is -2.28. The second-order valence-electron chi connectivity index (χ2n) is 9.74. The number of thiocarbonyl (C=S) groups is 1. The number of aromatic nitrogens is 2. The molecule has 0 fully saturated rings. The van der Waals surface area contributed by atoms with Gasteiger partial charge in [0.2, 0.25) is 11.4 Å². The number of rotatable bonds is 15. The monoisotopic (exact) mass is 555 g/mol. The molecule has 0 radical (unpaired) electrons. The van der Waals surface area contributed by atoms with Gasteiger partial charge >= 0.3 is 6.29 Å². The number of nitrogens with zero attached hydrogens (tertiary/aromatic N) is 3. The average Bonchev–Trinajstić information content (AvgIpc) is 3.42. The normalized spacial score (nSPS) is 19.2. The molecule has 3 aromatic rings. The number of fused-ring (bicyclic) bond motifs is 5. The predicted octanol–water partition coefficient (Wildman–Crippen LogP) is 3.37. The summed E-state index contributed by atoms with van der Waals surface area (Å²) >= 11 is 6.63. The van der Waals surface area contributed by atoms with E-state index < -0.39 is 0 Å². The molecule has 38 heavy (non-hydrogen) atoms. The highest BCUT2D eigenvalue weighted by Crippen LogP contribution is 2.33. The van der Waals surface area contributed by atoms with Crippen LogP contribution in [0.3, 0.4) is 0 Å². The van der Waals surface area contributed by atoms with Gasteiger partial charge in [0.25, 0.3) is 0 Å². The van der Waals surface area contributed by atoms with Crippen LogP contribution < -0.4 is 15.0 Å². The third kappa shape index (κ3) is 6.47. The number of pyridine rings is 2. The van der Waals surface area contributed by atoms with Crippen molar-refractivity contribution in [3.63, 3.8) is 0 Å². The van der Waals surface area contributed by atoms with E-state index in [0.717, 1.165) is 71.8 Å². The van der Waals surface area contributed by atoms with Crippen LogP contribution in [0, 0.1) is 0 Å². The molecule has 1 aromatic carbocycles. The summed E-state index contributed by atoms with van der Waals surface area (Å²) in [6.45, 7) is 5.63. The summed E-state index contributed by atoms with van der Waals surface area (Å²) in [5, 5.41) is 0. The Morgan fingerprint density at radius 3 is 2.21 bits per heavy atom. The van der Waals surface area contributed by atoms with Gasteiger partial charge in [-0.2, -0.15) is 10.4 Å². The van der Waals surface area contributed by atoms with Crippen molar-refractivity contribution in [2.45, 2.75) is 43.5 Å². The standard InChI is InChI=1S/C28H35N4O4S2/c29-35-36-38-27-11-9-23(10-12-27)20-26(37)8-5-16-33-18-19-34-17-15-32-21-24-6-1-3-13-30(24)28(32)31-14-4-2-7-25(31)22-32/h1-4,6-7,9-14,28H,5,8,15-22,29H2/q+3. The van der Waals surface area contributed by atoms with Crippen LogP contribution >= 0.6 is 24.3 Å². The SMILES string of the molecule is NOOSc1ccc(CC(=S)CCCOCCOCC[N+]23Cc4cccc[n+]4C2[n+]2ccccc2C3)cc1. The number of benzene rings is 1. The van der Waals surface area contributed by atoms with Crippen LogP contribution in [0.4, 0.5) is 0 Å². The highest BCUT2D eigenvalue weighted by molar-refractivity contribution is 7.94. The van der Waals surface area contributed by atoms with Gasteiger partial charge in [0.05, 0.1) is 31.9 Å². The molecular formula is C28H35N4O4S2+3. The van der Waals surface area contributed by atoms with Crippen LogP contribution in [0.1, 0.15) is 36.1 Å². The van der Waals surface area contributed by atoms with Crippen molar-refractivity contribution < 1.29 is 32.4 Å². The molecule has 2 aliphatic rings. The zero-order valence-corrected chi connectivity index (χ0v) is 23.1. The number of hydrogen-bond donors (Lipinski definition) is 1. The molecule has 2 aromatic heterocycles. The van der Waals surface area contributed by atoms with Crippen LogP contribution in [0.5, 0.6) is 0 Å². The first-order chi connectivity index (χ1) is 18.7. The van der Waals surface area contributed by atoms with Crippen molar-refractivity contribution in [2.24, 2.45) is 5.90 Å². The Labute approximate surface area is 233 Å². The summed E-state index contributed by atoms with van der Waals surface area (Å²) in [6.07, 6.45) is 7.25. The minimum Gasteiger partial charge on any atom is -0.379 e. The van der Waals surface area contributed by atoms with Crippen molar-refractivity contribution in [1.29, 1.82) is 0 Å². The lowest BCUT2D eigenvalue weighted by atomic mass is 10.1. The average molecular weight is 556 g/mol. The molecule has 2 N–H and O–H groups in total. The van der Waals surface area contributed by atoms with Crippen molar-refractivity contribution in [3.8, 4) is 0 Å². The fraction of sp³-hybridized carbons (Fsp3) is 0.393. The lowest BCUT2D eigenvalue weighted by Gasteiger charge is -2.24. The van der Waals surface area contributed by atoms with Gasteiger partial charge in [0.1, 0.15) is 6.54 Å². The fourth-order valence-electron chi connectivity index (χ4n) is 5.48. The molecule has 0 bridgehead atoms. The van der Waals surface area contributed by atoms with Gasteiger partial charge < -0.3 is 9.47 Å². The van der Waals surface area contributed by atoms with Crippen LogP contribution in [0.25, 0.3) is 0 Å². The van der Waals surface area contributed by atoms with Gasteiger partial charge in [-0.25, -0.2) is 0 Å². The zero-order chi connectivity index (χ0) is 26.2. The molecule has 0 aliphatic carbocycles. The molecule has 0 saturated heterocycles. The van der Waals surface area contributed by atoms with E-state index in [9.17, 15) is 0 Å². The quantitative estimate of drug-likeness (QED) is 0.0587. The maximum Gasteiger partial charge on any atom is 0.484 e. The first-order valence-corrected chi connectivity index (χ1v) is 14.1. The number of nitrogens with two attached hydrogens (primary N) is 1. The fourth-order valence-corrected chi connectivity index (χ4v) is 6.15. The van der Waals surface area contributed by atoms with E-state index in [1.165, 1.54) is 17.0 Å². The highest BCUT2D eigenvalue weighted by Gasteiger charge is 2.64. The molecule has 0 amide bonds. The summed E-state index contributed by atoms with van der Waals surface area (Å²) in [7, 11) is 0. The molecule has 2 aliphatic heterocycles. The largest absolute Gasteiger partial charge is 0.484 e. The molecule has 10 heteroatoms. The summed E-state index contributed by atoms with van der Waals surface area (Å²) < 4.78 is 22.3. The zero-order valence-electron chi connectivity index (χ0n) is 21.4. The Morgan fingerprint density at radius 2 is 1.55 bits per heavy atom. The van der Waals surface area contributed by atoms with Crippen LogP contribution in [-0.4, -0.2) is 42.3 Å². The Bertz CT molecular complexity index is 1180. The lowest BCUT2D eigenvalue weighted by molar-refractivity contribution is -1.16. The summed E-state index contributed by atoms with van der Waals surface area (Å²) in [5.74, 6) is 4.86. The first kappa shape index (κ1) is 27.3. The molecule has 0 atom stereocenters. The molecule has 5 rings (SSSR count). The Kier molecular flexibility index (Phi) is 9.47. The Morgan fingerprint density at radius 1 is 0.895 bits per heavy atom. The van der Waals surface area contributed by atoms with Gasteiger partial charge in [-0.1, -0.05) is 33.5 Å². The molecule has 200 valence electrons. The van der Waals surface area contributed by atoms with E-state index in [1.807, 2.05) is 24.3 Å². The van der Waals surface area contributed by atoms with Crippen molar-refractivity contribution in [1.82, 2.24) is 0 Å². The van der Waals surface area contributed by atoms with Crippen LogP contribution in [0.15, 0.2) is 78.0 Å². The minimum absolute atomic E-state index is 0.266. The smallest absolute Gasteiger partial charge is 0.379 e. The number of ether oxygens (including phenoxy) is 2. The molecular weight excluding hydrogens is 520 g/mol. The molecule has 0 saturated carbocycles. The van der Waals surface area contributed by atoms with E-state index in [1.54, 1.807) is 0 Å². The molecule has 0 spiro atoms. The maximum atomic E-state index is 6.03. The van der Waals surface area contributed by atoms with E-state index in [-0.39, 0.29) is 6.29 Å². The lowest BCUT2D eigenvalue weighted by Crippen LogP contribution is -2.62. The Balaban J connectivity index is 0.974. The van der Waals surface area contributed by atoms with Gasteiger partial charge in [-0.3, -0.25) is 0 Å². The second-order valence-corrected chi connectivity index (χ2v) is 11.1.